The van der Waals surface area contributed by atoms with Crippen LogP contribution >= 0.6 is 0 Å². The molecule has 2 heterocycles. The van der Waals surface area contributed by atoms with Crippen LogP contribution in [0, 0.1) is 0 Å². The van der Waals surface area contributed by atoms with E-state index in [1.807, 2.05) is 13.8 Å². The fourth-order valence-corrected chi connectivity index (χ4v) is 4.64. The Balaban J connectivity index is 1.72. The number of fused-ring (bicyclic) bond motifs is 1. The van der Waals surface area contributed by atoms with Crippen molar-refractivity contribution in [2.45, 2.75) is 91.0 Å². The molecule has 3 aromatic rings. The third-order valence-electron chi connectivity index (χ3n) is 6.47. The molecule has 1 saturated carbocycles. The monoisotopic (exact) mass is 549 g/mol. The molecule has 1 N–H and O–H groups in total. The molecule has 0 aliphatic heterocycles. The number of alkyl halides is 2. The summed E-state index contributed by atoms with van der Waals surface area (Å²) < 4.78 is 49.7. The highest BCUT2D eigenvalue weighted by Crippen LogP contribution is 2.39. The number of hydrogen-bond donors (Lipinski definition) is 1. The van der Waals surface area contributed by atoms with Crippen molar-refractivity contribution in [1.29, 1.82) is 0 Å². The van der Waals surface area contributed by atoms with E-state index in [1.165, 1.54) is 10.7 Å². The molecule has 1 fully saturated rings. The van der Waals surface area contributed by atoms with Gasteiger partial charge in [-0.05, 0) is 50.4 Å². The van der Waals surface area contributed by atoms with Gasteiger partial charge in [-0.2, -0.15) is 13.9 Å². The molecule has 38 heavy (non-hydrogen) atoms. The third kappa shape index (κ3) is 7.21. The van der Waals surface area contributed by atoms with E-state index in [2.05, 4.69) is 34.5 Å². The van der Waals surface area contributed by atoms with Gasteiger partial charge in [0.2, 0.25) is 0 Å². The summed E-state index contributed by atoms with van der Waals surface area (Å²) in [5, 5.41) is 4.76. The quantitative estimate of drug-likeness (QED) is 0.191. The number of ether oxygens (including phenoxy) is 4. The molecule has 0 amide bonds. The highest BCUT2D eigenvalue weighted by molar-refractivity contribution is 6.76. The second-order valence-corrected chi connectivity index (χ2v) is 16.6. The molecule has 11 heteroatoms. The molecular formula is C27H37F2N3O5Si. The zero-order valence-electron chi connectivity index (χ0n) is 22.7. The summed E-state index contributed by atoms with van der Waals surface area (Å²) in [5.74, 6) is 0.216. The summed E-state index contributed by atoms with van der Waals surface area (Å²) in [4.78, 5) is 16.8. The van der Waals surface area contributed by atoms with Crippen molar-refractivity contribution in [3.8, 4) is 22.8 Å². The van der Waals surface area contributed by atoms with E-state index in [0.29, 0.717) is 34.3 Å². The molecule has 0 radical (unpaired) electrons. The fourth-order valence-electron chi connectivity index (χ4n) is 3.88. The van der Waals surface area contributed by atoms with Crippen molar-refractivity contribution in [2.24, 2.45) is 0 Å². The Morgan fingerprint density at radius 2 is 1.97 bits per heavy atom. The normalized spacial score (nSPS) is 14.8. The van der Waals surface area contributed by atoms with Gasteiger partial charge in [-0.25, -0.2) is 4.68 Å². The van der Waals surface area contributed by atoms with Crippen molar-refractivity contribution >= 4 is 19.0 Å². The second kappa shape index (κ2) is 12.0. The highest BCUT2D eigenvalue weighted by Gasteiger charge is 2.27. The van der Waals surface area contributed by atoms with Gasteiger partial charge in [-0.15, -0.1) is 0 Å². The minimum Gasteiger partial charge on any atom is -0.487 e. The standard InChI is InChI=1S/C27H37F2N3O5Si/c1-6-17(2)35-15-20-24-21(14-30-32(26(24)33)16-34-11-12-38(3,4)5)31-25(20)18-7-10-22(37-27(28)29)23(13-18)36-19-8-9-19/h7,10,13-14,17,19,27,31H,6,8-9,11-12,15-16H2,1-5H3. The van der Waals surface area contributed by atoms with Gasteiger partial charge in [-0.3, -0.25) is 4.79 Å². The minimum atomic E-state index is -2.97. The maximum absolute atomic E-state index is 13.5. The molecule has 1 aliphatic carbocycles. The first-order valence-corrected chi connectivity index (χ1v) is 16.8. The zero-order chi connectivity index (χ0) is 27.4. The van der Waals surface area contributed by atoms with E-state index < -0.39 is 14.7 Å². The largest absolute Gasteiger partial charge is 0.487 e. The van der Waals surface area contributed by atoms with Crippen LogP contribution in [0.1, 0.15) is 38.7 Å². The lowest BCUT2D eigenvalue weighted by Crippen LogP contribution is -2.26. The molecule has 0 spiro atoms. The number of benzene rings is 1. The SMILES string of the molecule is CCC(C)OCc1c(-c2ccc(OC(F)F)c(OC3CC3)c2)[nH]c2cnn(COCC[Si](C)(C)C)c(=O)c12. The Labute approximate surface area is 222 Å². The van der Waals surface area contributed by atoms with Crippen molar-refractivity contribution < 1.29 is 27.7 Å². The van der Waals surface area contributed by atoms with E-state index >= 15 is 0 Å². The lowest BCUT2D eigenvalue weighted by Gasteiger charge is -2.15. The first-order valence-electron chi connectivity index (χ1n) is 13.1. The average molecular weight is 550 g/mol. The number of H-pyrrole nitrogens is 1. The predicted octanol–water partition coefficient (Wildman–Crippen LogP) is 6.16. The zero-order valence-corrected chi connectivity index (χ0v) is 23.7. The number of nitrogens with zero attached hydrogens (tertiary/aromatic N) is 2. The first-order chi connectivity index (χ1) is 18.1. The number of nitrogens with one attached hydrogen (secondary N) is 1. The Morgan fingerprint density at radius 1 is 1.21 bits per heavy atom. The summed E-state index contributed by atoms with van der Waals surface area (Å²) in [6.07, 6.45) is 4.11. The molecule has 1 atom stereocenters. The maximum atomic E-state index is 13.5. The van der Waals surface area contributed by atoms with Crippen LogP contribution < -0.4 is 15.0 Å². The van der Waals surface area contributed by atoms with E-state index in [0.717, 1.165) is 25.3 Å². The molecule has 208 valence electrons. The lowest BCUT2D eigenvalue weighted by atomic mass is 10.1. The summed E-state index contributed by atoms with van der Waals surface area (Å²) >= 11 is 0. The summed E-state index contributed by atoms with van der Waals surface area (Å²) in [5.41, 5.74) is 2.25. The van der Waals surface area contributed by atoms with Crippen LogP contribution in [0.2, 0.25) is 25.7 Å². The first kappa shape index (κ1) is 28.3. The predicted molar refractivity (Wildman–Crippen MR) is 145 cm³/mol. The molecule has 1 unspecified atom stereocenters. The number of hydrogen-bond acceptors (Lipinski definition) is 6. The van der Waals surface area contributed by atoms with Crippen LogP contribution in [0.3, 0.4) is 0 Å². The van der Waals surface area contributed by atoms with Gasteiger partial charge in [0.05, 0.1) is 41.6 Å². The molecule has 0 saturated heterocycles. The summed E-state index contributed by atoms with van der Waals surface area (Å²) in [6.45, 7) is 8.66. The molecule has 1 aromatic carbocycles. The number of rotatable bonds is 14. The maximum Gasteiger partial charge on any atom is 0.387 e. The second-order valence-electron chi connectivity index (χ2n) is 11.0. The van der Waals surface area contributed by atoms with Crippen molar-refractivity contribution in [3.63, 3.8) is 0 Å². The molecular weight excluding hydrogens is 512 g/mol. The Hall–Kier alpha value is -2.76. The van der Waals surface area contributed by atoms with Crippen LogP contribution in [0.25, 0.3) is 22.2 Å². The van der Waals surface area contributed by atoms with Crippen LogP contribution in [-0.2, 0) is 22.8 Å². The van der Waals surface area contributed by atoms with Gasteiger partial charge < -0.3 is 23.9 Å². The molecule has 0 bridgehead atoms. The van der Waals surface area contributed by atoms with Gasteiger partial charge in [-0.1, -0.05) is 26.6 Å². The van der Waals surface area contributed by atoms with E-state index in [4.69, 9.17) is 14.2 Å². The van der Waals surface area contributed by atoms with Crippen LogP contribution in [0.4, 0.5) is 8.78 Å². The third-order valence-corrected chi connectivity index (χ3v) is 8.17. The van der Waals surface area contributed by atoms with Crippen molar-refractivity contribution in [2.75, 3.05) is 6.61 Å². The van der Waals surface area contributed by atoms with Crippen LogP contribution in [0.5, 0.6) is 11.5 Å². The number of aromatic amines is 1. The Morgan fingerprint density at radius 3 is 2.63 bits per heavy atom. The molecule has 8 nitrogen and oxygen atoms in total. The van der Waals surface area contributed by atoms with E-state index in [9.17, 15) is 13.6 Å². The van der Waals surface area contributed by atoms with Crippen molar-refractivity contribution in [1.82, 2.24) is 14.8 Å². The van der Waals surface area contributed by atoms with Gasteiger partial charge in [0, 0.05) is 25.8 Å². The number of halogens is 2. The van der Waals surface area contributed by atoms with Gasteiger partial charge in [0.1, 0.15) is 6.73 Å². The molecule has 2 aromatic heterocycles. The van der Waals surface area contributed by atoms with Crippen molar-refractivity contribution in [3.05, 3.63) is 40.3 Å². The van der Waals surface area contributed by atoms with Crippen LogP contribution in [-0.4, -0.2) is 48.3 Å². The van der Waals surface area contributed by atoms with E-state index in [-0.39, 0.29) is 42.6 Å². The minimum absolute atomic E-state index is 0.0152. The molecule has 4 rings (SSSR count). The van der Waals surface area contributed by atoms with Crippen LogP contribution in [0.15, 0.2) is 29.2 Å². The summed E-state index contributed by atoms with van der Waals surface area (Å²) in [6, 6.07) is 5.79. The topological polar surface area (TPSA) is 87.6 Å². The smallest absolute Gasteiger partial charge is 0.387 e. The highest BCUT2D eigenvalue weighted by atomic mass is 28.3. The van der Waals surface area contributed by atoms with Gasteiger partial charge in [0.15, 0.2) is 11.5 Å². The Kier molecular flexibility index (Phi) is 8.89. The fraction of sp³-hybridized carbons (Fsp3) is 0.556. The summed E-state index contributed by atoms with van der Waals surface area (Å²) in [7, 11) is -1.26. The lowest BCUT2D eigenvalue weighted by molar-refractivity contribution is -0.0516. The average Bonchev–Trinajstić information content (AvgIpc) is 3.59. The van der Waals surface area contributed by atoms with E-state index in [1.54, 1.807) is 18.3 Å². The molecule has 1 aliphatic rings. The van der Waals surface area contributed by atoms with Gasteiger partial charge >= 0.3 is 6.61 Å². The Bertz CT molecular complexity index is 1300. The van der Waals surface area contributed by atoms with Gasteiger partial charge in [0.25, 0.3) is 5.56 Å². The number of aromatic nitrogens is 3.